The molecule has 0 saturated carbocycles. The molecule has 1 aliphatic rings. The van der Waals surface area contributed by atoms with Gasteiger partial charge in [0.15, 0.2) is 5.15 Å². The van der Waals surface area contributed by atoms with Gasteiger partial charge in [0.1, 0.15) is 5.75 Å². The number of nitrogens with zero attached hydrogens (tertiary/aromatic N) is 1. The van der Waals surface area contributed by atoms with Crippen molar-refractivity contribution in [3.8, 4) is 5.75 Å². The van der Waals surface area contributed by atoms with Gasteiger partial charge in [-0.25, -0.2) is 4.98 Å². The Morgan fingerprint density at radius 3 is 3.11 bits per heavy atom. The van der Waals surface area contributed by atoms with Gasteiger partial charge in [0.25, 0.3) is 0 Å². The van der Waals surface area contributed by atoms with Crippen LogP contribution in [-0.2, 0) is 0 Å². The summed E-state index contributed by atoms with van der Waals surface area (Å²) in [5.74, 6) is 0.923. The van der Waals surface area contributed by atoms with Crippen molar-refractivity contribution in [2.24, 2.45) is 0 Å². The van der Waals surface area contributed by atoms with Gasteiger partial charge in [0, 0.05) is 22.7 Å². The maximum atomic E-state index is 6.09. The molecule has 2 aromatic rings. The lowest BCUT2D eigenvalue weighted by molar-refractivity contribution is 0.274. The number of anilines is 1. The number of aromatic nitrogens is 1. The van der Waals surface area contributed by atoms with Crippen molar-refractivity contribution >= 4 is 33.2 Å². The van der Waals surface area contributed by atoms with Crippen molar-refractivity contribution in [3.63, 3.8) is 0 Å². The van der Waals surface area contributed by atoms with Crippen LogP contribution in [0.15, 0.2) is 41.0 Å². The molecule has 19 heavy (non-hydrogen) atoms. The molecule has 5 heteroatoms. The van der Waals surface area contributed by atoms with Crippen molar-refractivity contribution in [2.75, 3.05) is 11.9 Å². The average molecular weight is 340 g/mol. The minimum Gasteiger partial charge on any atom is -0.493 e. The fourth-order valence-corrected chi connectivity index (χ4v) is 2.75. The summed E-state index contributed by atoms with van der Waals surface area (Å²) in [5.41, 5.74) is 1.99. The number of hydrogen-bond acceptors (Lipinski definition) is 3. The molecule has 3 rings (SSSR count). The highest BCUT2D eigenvalue weighted by atomic mass is 79.9. The summed E-state index contributed by atoms with van der Waals surface area (Å²) in [6.45, 7) is 0.699. The number of rotatable bonds is 2. The van der Waals surface area contributed by atoms with Gasteiger partial charge in [-0.1, -0.05) is 27.5 Å². The molecule has 1 aliphatic heterocycles. The van der Waals surface area contributed by atoms with E-state index in [1.807, 2.05) is 24.3 Å². The van der Waals surface area contributed by atoms with Crippen LogP contribution in [0.1, 0.15) is 18.0 Å². The number of fused-ring (bicyclic) bond motifs is 1. The van der Waals surface area contributed by atoms with Crippen molar-refractivity contribution < 1.29 is 4.74 Å². The van der Waals surface area contributed by atoms with Gasteiger partial charge >= 0.3 is 0 Å². The van der Waals surface area contributed by atoms with Gasteiger partial charge < -0.3 is 10.1 Å². The highest BCUT2D eigenvalue weighted by Crippen LogP contribution is 2.36. The first kappa shape index (κ1) is 12.8. The number of hydrogen-bond donors (Lipinski definition) is 1. The summed E-state index contributed by atoms with van der Waals surface area (Å²) in [6.07, 6.45) is 2.58. The molecule has 0 amide bonds. The lowest BCUT2D eigenvalue weighted by Crippen LogP contribution is -2.20. The molecular formula is C14H12BrClN2O. The topological polar surface area (TPSA) is 34.2 Å². The maximum absolute atomic E-state index is 6.09. The minimum absolute atomic E-state index is 0.183. The third-order valence-corrected chi connectivity index (χ3v) is 3.89. The number of halogens is 2. The second kappa shape index (κ2) is 5.39. The van der Waals surface area contributed by atoms with Gasteiger partial charge in [-0.15, -0.1) is 0 Å². The Morgan fingerprint density at radius 2 is 2.26 bits per heavy atom. The highest BCUT2D eigenvalue weighted by Gasteiger charge is 2.22. The van der Waals surface area contributed by atoms with Crippen molar-refractivity contribution in [1.82, 2.24) is 4.98 Å². The van der Waals surface area contributed by atoms with E-state index in [4.69, 9.17) is 16.3 Å². The number of nitrogens with one attached hydrogen (secondary N) is 1. The number of pyridine rings is 1. The van der Waals surface area contributed by atoms with Crippen LogP contribution in [0, 0.1) is 0 Å². The first-order valence-electron chi connectivity index (χ1n) is 6.03. The second-order valence-corrected chi connectivity index (χ2v) is 5.63. The van der Waals surface area contributed by atoms with E-state index in [1.54, 1.807) is 6.20 Å². The van der Waals surface area contributed by atoms with E-state index in [1.165, 1.54) is 0 Å². The summed E-state index contributed by atoms with van der Waals surface area (Å²) in [5, 5.41) is 3.93. The van der Waals surface area contributed by atoms with Crippen LogP contribution in [0.25, 0.3) is 0 Å². The lowest BCUT2D eigenvalue weighted by Gasteiger charge is -2.27. The van der Waals surface area contributed by atoms with E-state index in [0.717, 1.165) is 27.9 Å². The molecule has 0 bridgehead atoms. The predicted molar refractivity (Wildman–Crippen MR) is 79.9 cm³/mol. The average Bonchev–Trinajstić information content (AvgIpc) is 2.42. The SMILES string of the molecule is Clc1ncccc1NC1CCOc2ccc(Br)cc21. The molecule has 0 aliphatic carbocycles. The van der Waals surface area contributed by atoms with Crippen LogP contribution in [-0.4, -0.2) is 11.6 Å². The molecule has 1 aromatic heterocycles. The normalized spacial score (nSPS) is 17.5. The first-order chi connectivity index (χ1) is 9.24. The molecule has 98 valence electrons. The van der Waals surface area contributed by atoms with Crippen LogP contribution in [0.4, 0.5) is 5.69 Å². The lowest BCUT2D eigenvalue weighted by atomic mass is 10.0. The quantitative estimate of drug-likeness (QED) is 0.822. The maximum Gasteiger partial charge on any atom is 0.152 e. The highest BCUT2D eigenvalue weighted by molar-refractivity contribution is 9.10. The largest absolute Gasteiger partial charge is 0.493 e. The third kappa shape index (κ3) is 2.69. The van der Waals surface area contributed by atoms with Crippen LogP contribution in [0.3, 0.4) is 0 Å². The zero-order valence-corrected chi connectivity index (χ0v) is 12.4. The fraction of sp³-hybridized carbons (Fsp3) is 0.214. The van der Waals surface area contributed by atoms with Gasteiger partial charge in [-0.3, -0.25) is 0 Å². The molecule has 3 nitrogen and oxygen atoms in total. The molecule has 0 spiro atoms. The van der Waals surface area contributed by atoms with E-state index < -0.39 is 0 Å². The standard InChI is InChI=1S/C14H12BrClN2O/c15-9-3-4-13-10(8-9)11(5-7-19-13)18-12-2-1-6-17-14(12)16/h1-4,6,8,11,18H,5,7H2. The Labute approximate surface area is 125 Å². The fourth-order valence-electron chi connectivity index (χ4n) is 2.20. The summed E-state index contributed by atoms with van der Waals surface area (Å²) in [4.78, 5) is 4.08. The van der Waals surface area contributed by atoms with E-state index in [2.05, 4.69) is 32.3 Å². The molecule has 1 atom stereocenters. The summed E-state index contributed by atoms with van der Waals surface area (Å²) < 4.78 is 6.71. The Hall–Kier alpha value is -1.26. The molecule has 0 fully saturated rings. The Bertz CT molecular complexity index is 606. The van der Waals surface area contributed by atoms with Crippen molar-refractivity contribution in [2.45, 2.75) is 12.5 Å². The third-order valence-electron chi connectivity index (χ3n) is 3.10. The number of ether oxygens (including phenoxy) is 1. The predicted octanol–water partition coefficient (Wildman–Crippen LogP) is 4.43. The van der Waals surface area contributed by atoms with Crippen LogP contribution < -0.4 is 10.1 Å². The van der Waals surface area contributed by atoms with E-state index in [-0.39, 0.29) is 6.04 Å². The zero-order valence-electron chi connectivity index (χ0n) is 10.1. The van der Waals surface area contributed by atoms with Crippen LogP contribution in [0.2, 0.25) is 5.15 Å². The van der Waals surface area contributed by atoms with Gasteiger partial charge in [-0.2, -0.15) is 0 Å². The molecular weight excluding hydrogens is 328 g/mol. The van der Waals surface area contributed by atoms with Gasteiger partial charge in [0.05, 0.1) is 18.3 Å². The van der Waals surface area contributed by atoms with Gasteiger partial charge in [0.2, 0.25) is 0 Å². The van der Waals surface area contributed by atoms with Gasteiger partial charge in [-0.05, 0) is 30.3 Å². The monoisotopic (exact) mass is 338 g/mol. The Kier molecular flexibility index (Phi) is 3.62. The summed E-state index contributed by atoms with van der Waals surface area (Å²) in [7, 11) is 0. The second-order valence-electron chi connectivity index (χ2n) is 4.36. The summed E-state index contributed by atoms with van der Waals surface area (Å²) in [6, 6.07) is 10.0. The smallest absolute Gasteiger partial charge is 0.152 e. The van der Waals surface area contributed by atoms with Crippen LogP contribution >= 0.6 is 27.5 Å². The number of benzene rings is 1. The zero-order chi connectivity index (χ0) is 13.2. The Morgan fingerprint density at radius 1 is 1.37 bits per heavy atom. The molecule has 1 N–H and O–H groups in total. The van der Waals surface area contributed by atoms with E-state index >= 15 is 0 Å². The van der Waals surface area contributed by atoms with Crippen molar-refractivity contribution in [3.05, 3.63) is 51.7 Å². The molecule has 1 aromatic carbocycles. The van der Waals surface area contributed by atoms with Crippen molar-refractivity contribution in [1.29, 1.82) is 0 Å². The molecule has 1 unspecified atom stereocenters. The molecule has 0 saturated heterocycles. The first-order valence-corrected chi connectivity index (χ1v) is 7.20. The minimum atomic E-state index is 0.183. The van der Waals surface area contributed by atoms with E-state index in [0.29, 0.717) is 11.8 Å². The van der Waals surface area contributed by atoms with E-state index in [9.17, 15) is 0 Å². The van der Waals surface area contributed by atoms with Crippen LogP contribution in [0.5, 0.6) is 5.75 Å². The summed E-state index contributed by atoms with van der Waals surface area (Å²) >= 11 is 9.58. The molecule has 2 heterocycles. The Balaban J connectivity index is 1.92. The molecule has 0 radical (unpaired) electrons.